The maximum Gasteiger partial charge on any atom is 0.258 e. The fourth-order valence-electron chi connectivity index (χ4n) is 2.63. The lowest BCUT2D eigenvalue weighted by Crippen LogP contribution is -2.38. The van der Waals surface area contributed by atoms with E-state index in [2.05, 4.69) is 6.07 Å². The predicted molar refractivity (Wildman–Crippen MR) is 77.7 cm³/mol. The average molecular weight is 262 g/mol. The van der Waals surface area contributed by atoms with Crippen molar-refractivity contribution in [2.75, 3.05) is 11.4 Å². The zero-order chi connectivity index (χ0) is 14.1. The van der Waals surface area contributed by atoms with Crippen LogP contribution >= 0.6 is 0 Å². The second-order valence-electron chi connectivity index (χ2n) is 4.98. The molecule has 0 aliphatic carbocycles. The van der Waals surface area contributed by atoms with Crippen LogP contribution in [-0.4, -0.2) is 12.5 Å². The third-order valence-corrected chi connectivity index (χ3v) is 3.73. The number of amides is 1. The van der Waals surface area contributed by atoms with Gasteiger partial charge < -0.3 is 4.90 Å². The minimum absolute atomic E-state index is 0.0186. The van der Waals surface area contributed by atoms with Gasteiger partial charge in [0.05, 0.1) is 11.6 Å². The summed E-state index contributed by atoms with van der Waals surface area (Å²) in [5.74, 6) is 0.0186. The molecule has 1 amide bonds. The molecule has 3 rings (SSSR count). The maximum atomic E-state index is 12.6. The van der Waals surface area contributed by atoms with Crippen molar-refractivity contribution in [2.24, 2.45) is 0 Å². The van der Waals surface area contributed by atoms with Crippen molar-refractivity contribution in [3.63, 3.8) is 0 Å². The van der Waals surface area contributed by atoms with Crippen LogP contribution in [0.3, 0.4) is 0 Å². The lowest BCUT2D eigenvalue weighted by atomic mass is 9.97. The van der Waals surface area contributed by atoms with E-state index >= 15 is 0 Å². The van der Waals surface area contributed by atoms with E-state index in [0.717, 1.165) is 28.8 Å². The van der Waals surface area contributed by atoms with E-state index < -0.39 is 0 Å². The quantitative estimate of drug-likeness (QED) is 0.792. The summed E-state index contributed by atoms with van der Waals surface area (Å²) in [6.45, 7) is 2.62. The Hall–Kier alpha value is -2.60. The van der Waals surface area contributed by atoms with E-state index in [9.17, 15) is 4.79 Å². The number of anilines is 1. The van der Waals surface area contributed by atoms with Gasteiger partial charge in [-0.2, -0.15) is 5.26 Å². The Bertz CT molecular complexity index is 728. The van der Waals surface area contributed by atoms with Crippen LogP contribution in [0.4, 0.5) is 5.69 Å². The number of carbonyl (C=O) groups excluding carboxylic acids is 1. The van der Waals surface area contributed by atoms with E-state index in [-0.39, 0.29) is 5.91 Å². The molecule has 98 valence electrons. The summed E-state index contributed by atoms with van der Waals surface area (Å²) in [6.07, 6.45) is 0.845. The third kappa shape index (κ3) is 1.96. The number of nitriles is 1. The molecule has 1 aliphatic rings. The molecule has 1 heterocycles. The molecule has 1 aliphatic heterocycles. The van der Waals surface area contributed by atoms with Crippen molar-refractivity contribution in [3.8, 4) is 6.07 Å². The largest absolute Gasteiger partial charge is 0.308 e. The molecule has 3 heteroatoms. The van der Waals surface area contributed by atoms with E-state index in [1.165, 1.54) is 0 Å². The number of rotatable bonds is 1. The molecule has 0 N–H and O–H groups in total. The van der Waals surface area contributed by atoms with Crippen LogP contribution in [0, 0.1) is 18.3 Å². The predicted octanol–water partition coefficient (Wildman–Crippen LogP) is 3.07. The zero-order valence-corrected chi connectivity index (χ0v) is 11.3. The van der Waals surface area contributed by atoms with Gasteiger partial charge in [0, 0.05) is 17.8 Å². The molecule has 2 aromatic carbocycles. The Morgan fingerprint density at radius 2 is 2.00 bits per heavy atom. The molecule has 0 spiro atoms. The van der Waals surface area contributed by atoms with Gasteiger partial charge in [0.1, 0.15) is 0 Å². The second kappa shape index (κ2) is 4.82. The molecule has 3 nitrogen and oxygen atoms in total. The molecule has 0 saturated heterocycles. The molecule has 0 saturated carbocycles. The van der Waals surface area contributed by atoms with Gasteiger partial charge in [-0.1, -0.05) is 24.3 Å². The molecular formula is C17H14N2O. The van der Waals surface area contributed by atoms with Crippen LogP contribution in [0.15, 0.2) is 42.5 Å². The zero-order valence-electron chi connectivity index (χ0n) is 11.3. The van der Waals surface area contributed by atoms with Crippen molar-refractivity contribution < 1.29 is 4.79 Å². The lowest BCUT2D eigenvalue weighted by Gasteiger charge is -2.29. The summed E-state index contributed by atoms with van der Waals surface area (Å²) < 4.78 is 0. The second-order valence-corrected chi connectivity index (χ2v) is 4.98. The van der Waals surface area contributed by atoms with Gasteiger partial charge in [-0.05, 0) is 42.7 Å². The number of nitrogens with zero attached hydrogens (tertiary/aromatic N) is 2. The smallest absolute Gasteiger partial charge is 0.258 e. The number of fused-ring (bicyclic) bond motifs is 1. The first-order chi connectivity index (χ1) is 9.70. The van der Waals surface area contributed by atoms with Crippen LogP contribution in [-0.2, 0) is 6.42 Å². The number of hydrogen-bond donors (Lipinski definition) is 0. The average Bonchev–Trinajstić information content (AvgIpc) is 2.49. The minimum Gasteiger partial charge on any atom is -0.308 e. The molecule has 0 fully saturated rings. The van der Waals surface area contributed by atoms with Crippen LogP contribution in [0.2, 0.25) is 0 Å². The molecule has 0 atom stereocenters. The molecule has 0 radical (unpaired) electrons. The summed E-state index contributed by atoms with van der Waals surface area (Å²) >= 11 is 0. The van der Waals surface area contributed by atoms with Crippen LogP contribution in [0.5, 0.6) is 0 Å². The van der Waals surface area contributed by atoms with Crippen molar-refractivity contribution in [1.29, 1.82) is 5.26 Å². The Morgan fingerprint density at radius 1 is 1.20 bits per heavy atom. The molecule has 2 aromatic rings. The molecule has 0 bridgehead atoms. The first kappa shape index (κ1) is 12.4. The van der Waals surface area contributed by atoms with Crippen molar-refractivity contribution in [3.05, 3.63) is 64.7 Å². The van der Waals surface area contributed by atoms with Crippen molar-refractivity contribution >= 4 is 11.6 Å². The highest BCUT2D eigenvalue weighted by Gasteiger charge is 2.26. The fraction of sp³-hybridized carbons (Fsp3) is 0.176. The summed E-state index contributed by atoms with van der Waals surface area (Å²) in [7, 11) is 0. The van der Waals surface area contributed by atoms with Gasteiger partial charge in [0.15, 0.2) is 0 Å². The topological polar surface area (TPSA) is 44.1 Å². The Morgan fingerprint density at radius 3 is 2.80 bits per heavy atom. The van der Waals surface area contributed by atoms with Gasteiger partial charge in [0.2, 0.25) is 0 Å². The van der Waals surface area contributed by atoms with Crippen LogP contribution < -0.4 is 4.90 Å². The number of benzene rings is 2. The van der Waals surface area contributed by atoms with Gasteiger partial charge in [-0.25, -0.2) is 0 Å². The normalized spacial score (nSPS) is 13.8. The van der Waals surface area contributed by atoms with Crippen molar-refractivity contribution in [1.82, 2.24) is 0 Å². The summed E-state index contributed by atoms with van der Waals surface area (Å²) in [5.41, 5.74) is 4.29. The van der Waals surface area contributed by atoms with Gasteiger partial charge >= 0.3 is 0 Å². The highest BCUT2D eigenvalue weighted by Crippen LogP contribution is 2.27. The molecule has 20 heavy (non-hydrogen) atoms. The highest BCUT2D eigenvalue weighted by atomic mass is 16.2. The number of carbonyl (C=O) groups is 1. The minimum atomic E-state index is 0.0186. The Kier molecular flexibility index (Phi) is 3.00. The van der Waals surface area contributed by atoms with E-state index in [1.54, 1.807) is 17.0 Å². The third-order valence-electron chi connectivity index (χ3n) is 3.73. The first-order valence-corrected chi connectivity index (χ1v) is 6.61. The van der Waals surface area contributed by atoms with E-state index in [1.807, 2.05) is 37.3 Å². The van der Waals surface area contributed by atoms with Crippen LogP contribution in [0.1, 0.15) is 27.0 Å². The van der Waals surface area contributed by atoms with E-state index in [4.69, 9.17) is 5.26 Å². The fourth-order valence-corrected chi connectivity index (χ4v) is 2.63. The monoisotopic (exact) mass is 262 g/mol. The van der Waals surface area contributed by atoms with Gasteiger partial charge in [-0.15, -0.1) is 0 Å². The Labute approximate surface area is 118 Å². The molecule has 0 aromatic heterocycles. The highest BCUT2D eigenvalue weighted by molar-refractivity contribution is 6.08. The number of hydrogen-bond acceptors (Lipinski definition) is 2. The maximum absolute atomic E-state index is 12.6. The van der Waals surface area contributed by atoms with E-state index in [0.29, 0.717) is 12.1 Å². The molecular weight excluding hydrogens is 248 g/mol. The SMILES string of the molecule is Cc1ccc(C#N)cc1N1CCc2ccccc2C1=O. The summed E-state index contributed by atoms with van der Waals surface area (Å²) in [6, 6.07) is 15.3. The van der Waals surface area contributed by atoms with Gasteiger partial charge in [0.25, 0.3) is 5.91 Å². The standard InChI is InChI=1S/C17H14N2O/c1-12-6-7-13(11-18)10-16(12)19-9-8-14-4-2-3-5-15(14)17(19)20/h2-7,10H,8-9H2,1H3. The molecule has 0 unspecified atom stereocenters. The van der Waals surface area contributed by atoms with Gasteiger partial charge in [-0.3, -0.25) is 4.79 Å². The Balaban J connectivity index is 2.05. The lowest BCUT2D eigenvalue weighted by molar-refractivity contribution is 0.0980. The van der Waals surface area contributed by atoms with Crippen molar-refractivity contribution in [2.45, 2.75) is 13.3 Å². The summed E-state index contributed by atoms with van der Waals surface area (Å²) in [4.78, 5) is 14.4. The first-order valence-electron chi connectivity index (χ1n) is 6.61. The summed E-state index contributed by atoms with van der Waals surface area (Å²) in [5, 5.41) is 9.02. The number of aryl methyl sites for hydroxylation is 1. The van der Waals surface area contributed by atoms with Crippen LogP contribution in [0.25, 0.3) is 0 Å².